The predicted molar refractivity (Wildman–Crippen MR) is 88.4 cm³/mol. The van der Waals surface area contributed by atoms with Gasteiger partial charge in [-0.2, -0.15) is 0 Å². The van der Waals surface area contributed by atoms with E-state index in [0.717, 1.165) is 11.0 Å². The third kappa shape index (κ3) is 2.91. The fourth-order valence-corrected chi connectivity index (χ4v) is 3.18. The molecule has 1 amide bonds. The molecule has 2 atom stereocenters. The monoisotopic (exact) mass is 317 g/mol. The number of carbonyl (C=O) groups is 1. The largest absolute Gasteiger partial charge is 0.375 e. The zero-order chi connectivity index (χ0) is 16.6. The number of fused-ring (bicyclic) bond motifs is 1. The van der Waals surface area contributed by atoms with Crippen molar-refractivity contribution in [3.05, 3.63) is 34.7 Å². The number of amides is 1. The third-order valence-corrected chi connectivity index (χ3v) is 4.53. The highest BCUT2D eigenvalue weighted by Gasteiger charge is 2.27. The zero-order valence-electron chi connectivity index (χ0n) is 13.9. The first-order valence-electron chi connectivity index (χ1n) is 8.04. The molecular formula is C17H23N3O3. The van der Waals surface area contributed by atoms with Crippen LogP contribution in [0.1, 0.15) is 20.3 Å². The van der Waals surface area contributed by atoms with E-state index >= 15 is 0 Å². The molecular weight excluding hydrogens is 294 g/mol. The molecule has 1 fully saturated rings. The molecule has 2 aromatic rings. The minimum Gasteiger partial charge on any atom is -0.375 e. The maximum atomic E-state index is 12.5. The molecule has 6 heteroatoms. The van der Waals surface area contributed by atoms with E-state index in [9.17, 15) is 9.59 Å². The molecule has 0 N–H and O–H groups in total. The van der Waals surface area contributed by atoms with Crippen LogP contribution in [0.15, 0.2) is 29.1 Å². The van der Waals surface area contributed by atoms with Crippen LogP contribution in [0.3, 0.4) is 0 Å². The molecule has 23 heavy (non-hydrogen) atoms. The number of nitrogens with zero attached hydrogens (tertiary/aromatic N) is 3. The highest BCUT2D eigenvalue weighted by atomic mass is 16.5. The molecule has 2 heterocycles. The molecule has 1 aromatic carbocycles. The molecule has 6 nitrogen and oxygen atoms in total. The van der Waals surface area contributed by atoms with Crippen molar-refractivity contribution in [3.63, 3.8) is 0 Å². The number of benzene rings is 1. The van der Waals surface area contributed by atoms with Crippen molar-refractivity contribution in [2.45, 2.75) is 39.0 Å². The van der Waals surface area contributed by atoms with Gasteiger partial charge in [0.25, 0.3) is 0 Å². The highest BCUT2D eigenvalue weighted by Crippen LogP contribution is 2.15. The third-order valence-electron chi connectivity index (χ3n) is 4.53. The van der Waals surface area contributed by atoms with Crippen LogP contribution in [0.25, 0.3) is 11.0 Å². The van der Waals surface area contributed by atoms with Crippen molar-refractivity contribution < 1.29 is 9.53 Å². The van der Waals surface area contributed by atoms with E-state index in [2.05, 4.69) is 0 Å². The molecule has 0 spiro atoms. The fraction of sp³-hybridized carbons (Fsp3) is 0.529. The second-order valence-corrected chi connectivity index (χ2v) is 6.27. The summed E-state index contributed by atoms with van der Waals surface area (Å²) in [5.41, 5.74) is 1.68. The van der Waals surface area contributed by atoms with Crippen molar-refractivity contribution in [2.75, 3.05) is 13.2 Å². The van der Waals surface area contributed by atoms with E-state index in [-0.39, 0.29) is 23.7 Å². The number of aryl methyl sites for hydroxylation is 2. The van der Waals surface area contributed by atoms with Crippen molar-refractivity contribution in [1.82, 2.24) is 14.0 Å². The Kier molecular flexibility index (Phi) is 4.26. The number of ether oxygens (including phenoxy) is 1. The molecule has 1 saturated heterocycles. The Bertz CT molecular complexity index is 777. The van der Waals surface area contributed by atoms with E-state index in [1.54, 1.807) is 16.2 Å². The molecule has 1 aliphatic heterocycles. The van der Waals surface area contributed by atoms with Crippen molar-refractivity contribution in [2.24, 2.45) is 7.05 Å². The average Bonchev–Trinajstić information content (AvgIpc) is 2.79. The number of para-hydroxylation sites is 2. The van der Waals surface area contributed by atoms with E-state index in [1.807, 2.05) is 43.0 Å². The summed E-state index contributed by atoms with van der Waals surface area (Å²) in [6, 6.07) is 7.74. The first-order chi connectivity index (χ1) is 11.0. The van der Waals surface area contributed by atoms with Crippen LogP contribution in [-0.2, 0) is 23.1 Å². The van der Waals surface area contributed by atoms with Gasteiger partial charge in [-0.25, -0.2) is 4.79 Å². The molecule has 124 valence electrons. The minimum atomic E-state index is -0.0811. The topological polar surface area (TPSA) is 56.5 Å². The molecule has 0 bridgehead atoms. The Morgan fingerprint density at radius 3 is 2.70 bits per heavy atom. The summed E-state index contributed by atoms with van der Waals surface area (Å²) in [5.74, 6) is 0.0764. The zero-order valence-corrected chi connectivity index (χ0v) is 13.9. The van der Waals surface area contributed by atoms with Gasteiger partial charge in [-0.05, 0) is 26.0 Å². The lowest BCUT2D eigenvalue weighted by molar-refractivity contribution is -0.143. The van der Waals surface area contributed by atoms with Gasteiger partial charge in [0.2, 0.25) is 5.91 Å². The quantitative estimate of drug-likeness (QED) is 0.859. The number of carbonyl (C=O) groups excluding carboxylic acids is 1. The number of imidazole rings is 1. The van der Waals surface area contributed by atoms with E-state index in [1.165, 1.54) is 0 Å². The van der Waals surface area contributed by atoms with Gasteiger partial charge < -0.3 is 9.64 Å². The van der Waals surface area contributed by atoms with Gasteiger partial charge in [0.15, 0.2) is 0 Å². The van der Waals surface area contributed by atoms with Crippen LogP contribution < -0.4 is 5.69 Å². The highest BCUT2D eigenvalue weighted by molar-refractivity contribution is 5.78. The Labute approximate surface area is 135 Å². The van der Waals surface area contributed by atoms with Gasteiger partial charge in [-0.3, -0.25) is 13.9 Å². The Balaban J connectivity index is 1.77. The molecule has 1 aliphatic rings. The normalized spacial score (nSPS) is 21.8. The molecule has 0 radical (unpaired) electrons. The van der Waals surface area contributed by atoms with E-state index < -0.39 is 0 Å². The van der Waals surface area contributed by atoms with Crippen molar-refractivity contribution >= 4 is 16.9 Å². The summed E-state index contributed by atoms with van der Waals surface area (Å²) < 4.78 is 8.87. The van der Waals surface area contributed by atoms with Gasteiger partial charge in [0.05, 0.1) is 29.8 Å². The second-order valence-electron chi connectivity index (χ2n) is 6.27. The number of morpholine rings is 1. The Morgan fingerprint density at radius 2 is 1.96 bits per heavy atom. The lowest BCUT2D eigenvalue weighted by atomic mass is 10.2. The standard InChI is InChI=1S/C17H23N3O3/c1-12-11-23-13(2)10-20(12)16(21)8-9-19-15-7-5-4-6-14(15)18(3)17(19)22/h4-7,12-13H,8-11H2,1-3H3. The number of hydrogen-bond donors (Lipinski definition) is 0. The van der Waals surface area contributed by atoms with Crippen LogP contribution in [0.2, 0.25) is 0 Å². The average molecular weight is 317 g/mol. The number of aromatic nitrogens is 2. The maximum absolute atomic E-state index is 12.5. The summed E-state index contributed by atoms with van der Waals surface area (Å²) in [6.07, 6.45) is 0.390. The Hall–Kier alpha value is -2.08. The Morgan fingerprint density at radius 1 is 1.26 bits per heavy atom. The minimum absolute atomic E-state index is 0.0652. The van der Waals surface area contributed by atoms with Crippen LogP contribution in [0.5, 0.6) is 0 Å². The van der Waals surface area contributed by atoms with Crippen molar-refractivity contribution in [1.29, 1.82) is 0 Å². The molecule has 1 aromatic heterocycles. The number of hydrogen-bond acceptors (Lipinski definition) is 3. The van der Waals surface area contributed by atoms with E-state index in [0.29, 0.717) is 26.1 Å². The molecule has 0 saturated carbocycles. The molecule has 0 aliphatic carbocycles. The van der Waals surface area contributed by atoms with E-state index in [4.69, 9.17) is 4.74 Å². The van der Waals surface area contributed by atoms with Gasteiger partial charge >= 0.3 is 5.69 Å². The van der Waals surface area contributed by atoms with Crippen molar-refractivity contribution in [3.8, 4) is 0 Å². The summed E-state index contributed by atoms with van der Waals surface area (Å²) in [5, 5.41) is 0. The summed E-state index contributed by atoms with van der Waals surface area (Å²) >= 11 is 0. The summed E-state index contributed by atoms with van der Waals surface area (Å²) in [6.45, 7) is 5.55. The fourth-order valence-electron chi connectivity index (χ4n) is 3.18. The van der Waals surface area contributed by atoms with Gasteiger partial charge in [0.1, 0.15) is 0 Å². The number of rotatable bonds is 3. The van der Waals surface area contributed by atoms with Gasteiger partial charge in [0, 0.05) is 26.6 Å². The predicted octanol–water partition coefficient (Wildman–Crippen LogP) is 1.37. The van der Waals surface area contributed by atoms with Crippen LogP contribution >= 0.6 is 0 Å². The SMILES string of the molecule is CC1CN(C(=O)CCn2c(=O)n(C)c3ccccc32)C(C)CO1. The van der Waals surface area contributed by atoms with Crippen LogP contribution in [0.4, 0.5) is 0 Å². The molecule has 2 unspecified atom stereocenters. The summed E-state index contributed by atoms with van der Waals surface area (Å²) in [7, 11) is 1.76. The molecule has 3 rings (SSSR count). The smallest absolute Gasteiger partial charge is 0.328 e. The lowest BCUT2D eigenvalue weighted by Crippen LogP contribution is -2.50. The van der Waals surface area contributed by atoms with Gasteiger partial charge in [-0.15, -0.1) is 0 Å². The first kappa shape index (κ1) is 15.8. The van der Waals surface area contributed by atoms with Crippen LogP contribution in [0, 0.1) is 0 Å². The van der Waals surface area contributed by atoms with Gasteiger partial charge in [-0.1, -0.05) is 12.1 Å². The summed E-state index contributed by atoms with van der Waals surface area (Å²) in [4.78, 5) is 26.8. The lowest BCUT2D eigenvalue weighted by Gasteiger charge is -2.36. The maximum Gasteiger partial charge on any atom is 0.328 e. The second kappa shape index (κ2) is 6.20. The van der Waals surface area contributed by atoms with Crippen LogP contribution in [-0.4, -0.2) is 45.2 Å². The first-order valence-corrected chi connectivity index (χ1v) is 8.04.